The number of anilines is 3. The summed E-state index contributed by atoms with van der Waals surface area (Å²) < 4.78 is 5.02. The lowest BCUT2D eigenvalue weighted by atomic mass is 9.95. The molecule has 0 saturated heterocycles. The largest absolute Gasteiger partial charge is 0.310 e. The van der Waals surface area contributed by atoms with Gasteiger partial charge in [-0.05, 0) is 87.6 Å². The van der Waals surface area contributed by atoms with Crippen LogP contribution < -0.4 is 4.90 Å². The Morgan fingerprint density at radius 1 is 0.353 bits per heavy atom. The summed E-state index contributed by atoms with van der Waals surface area (Å²) in [6.45, 7) is 0. The molecule has 0 radical (unpaired) electrons. The van der Waals surface area contributed by atoms with E-state index in [-0.39, 0.29) is 0 Å². The van der Waals surface area contributed by atoms with E-state index in [2.05, 4.69) is 191 Å². The maximum absolute atomic E-state index is 2.49. The molecule has 9 aromatic carbocycles. The highest BCUT2D eigenvalue weighted by molar-refractivity contribution is 7.25. The summed E-state index contributed by atoms with van der Waals surface area (Å²) in [5.41, 5.74) is 6.96. The van der Waals surface area contributed by atoms with Gasteiger partial charge in [0.25, 0.3) is 0 Å². The highest BCUT2D eigenvalue weighted by Gasteiger charge is 2.21. The minimum atomic E-state index is 1.12. The molecule has 0 fully saturated rings. The summed E-state index contributed by atoms with van der Waals surface area (Å²) in [4.78, 5) is 2.49. The van der Waals surface area contributed by atoms with E-state index in [1.807, 2.05) is 11.3 Å². The first-order valence-electron chi connectivity index (χ1n) is 17.4. The molecule has 0 amide bonds. The SMILES string of the molecule is c1ccc(-n2c3ccccc3c3ccc(N(c4ccc5sc6ccccc6c5c4)c4cc5c6ccccc6ccc5c5ccccc45)cc32)cc1. The van der Waals surface area contributed by atoms with Crippen molar-refractivity contribution in [2.75, 3.05) is 4.90 Å². The van der Waals surface area contributed by atoms with Gasteiger partial charge in [0.05, 0.1) is 16.7 Å². The molecule has 238 valence electrons. The summed E-state index contributed by atoms with van der Waals surface area (Å²) in [5.74, 6) is 0. The van der Waals surface area contributed by atoms with Crippen LogP contribution in [0.5, 0.6) is 0 Å². The molecule has 2 nitrogen and oxygen atoms in total. The Bertz CT molecular complexity index is 3150. The highest BCUT2D eigenvalue weighted by Crippen LogP contribution is 2.46. The van der Waals surface area contributed by atoms with Crippen molar-refractivity contribution in [2.45, 2.75) is 0 Å². The predicted molar refractivity (Wildman–Crippen MR) is 221 cm³/mol. The monoisotopic (exact) mass is 666 g/mol. The first-order valence-corrected chi connectivity index (χ1v) is 18.3. The Kier molecular flexibility index (Phi) is 6.16. The van der Waals surface area contributed by atoms with Crippen LogP contribution in [0.1, 0.15) is 0 Å². The maximum atomic E-state index is 2.49. The first-order chi connectivity index (χ1) is 25.3. The fourth-order valence-corrected chi connectivity index (χ4v) is 9.35. The van der Waals surface area contributed by atoms with E-state index in [0.29, 0.717) is 0 Å². The molecule has 3 heteroatoms. The molecule has 0 aliphatic carbocycles. The van der Waals surface area contributed by atoms with Crippen LogP contribution in [0.3, 0.4) is 0 Å². The standard InChI is InChI=1S/C48H30N2S/c1-2-13-32(14-3-1)50-44-20-10-8-18-39(44)40-26-23-34(29-45(40)50)49(33-24-27-48-43(28-33)41-19-9-11-21-47(41)51-48)46-30-42-35-15-5-4-12-31(35)22-25-37(42)36-16-6-7-17-38(36)46/h1-30H. The van der Waals surface area contributed by atoms with Gasteiger partial charge in [0.1, 0.15) is 0 Å². The van der Waals surface area contributed by atoms with Gasteiger partial charge in [-0.15, -0.1) is 11.3 Å². The van der Waals surface area contributed by atoms with Gasteiger partial charge in [-0.1, -0.05) is 121 Å². The van der Waals surface area contributed by atoms with Crippen molar-refractivity contribution >= 4 is 103 Å². The zero-order valence-electron chi connectivity index (χ0n) is 27.6. The van der Waals surface area contributed by atoms with Gasteiger partial charge in [0, 0.05) is 53.4 Å². The van der Waals surface area contributed by atoms with Gasteiger partial charge in [-0.2, -0.15) is 0 Å². The second-order valence-electron chi connectivity index (χ2n) is 13.3. The molecule has 0 spiro atoms. The summed E-state index contributed by atoms with van der Waals surface area (Å²) in [5, 5.41) is 12.6. The number of benzene rings is 9. The third-order valence-corrected chi connectivity index (χ3v) is 11.7. The topological polar surface area (TPSA) is 8.17 Å². The number of fused-ring (bicyclic) bond motifs is 11. The zero-order chi connectivity index (χ0) is 33.5. The number of nitrogens with zero attached hydrogens (tertiary/aromatic N) is 2. The molecule has 0 saturated carbocycles. The zero-order valence-corrected chi connectivity index (χ0v) is 28.4. The smallest absolute Gasteiger partial charge is 0.0561 e. The van der Waals surface area contributed by atoms with E-state index in [1.54, 1.807) is 0 Å². The van der Waals surface area contributed by atoms with Crippen LogP contribution in [-0.4, -0.2) is 4.57 Å². The molecule has 51 heavy (non-hydrogen) atoms. The van der Waals surface area contributed by atoms with E-state index in [9.17, 15) is 0 Å². The Labute approximate surface area is 298 Å². The summed E-state index contributed by atoms with van der Waals surface area (Å²) >= 11 is 1.86. The van der Waals surface area contributed by atoms with Crippen molar-refractivity contribution in [1.29, 1.82) is 0 Å². The van der Waals surface area contributed by atoms with Crippen LogP contribution in [0.15, 0.2) is 182 Å². The number of aromatic nitrogens is 1. The molecule has 0 aliphatic rings. The van der Waals surface area contributed by atoms with Crippen LogP contribution in [0, 0.1) is 0 Å². The summed E-state index contributed by atoms with van der Waals surface area (Å²) in [6, 6.07) is 66.9. The van der Waals surface area contributed by atoms with Gasteiger partial charge in [-0.25, -0.2) is 0 Å². The third kappa shape index (κ3) is 4.29. The fraction of sp³-hybridized carbons (Fsp3) is 0. The average molecular weight is 667 g/mol. The summed E-state index contributed by atoms with van der Waals surface area (Å²) in [6.07, 6.45) is 0. The molecule has 0 unspecified atom stereocenters. The lowest BCUT2D eigenvalue weighted by molar-refractivity contribution is 1.18. The van der Waals surface area contributed by atoms with Gasteiger partial charge >= 0.3 is 0 Å². The van der Waals surface area contributed by atoms with Gasteiger partial charge < -0.3 is 9.47 Å². The van der Waals surface area contributed by atoms with Crippen LogP contribution in [0.2, 0.25) is 0 Å². The average Bonchev–Trinajstić information content (AvgIpc) is 3.73. The van der Waals surface area contributed by atoms with Gasteiger partial charge in [0.15, 0.2) is 0 Å². The molecule has 0 atom stereocenters. The van der Waals surface area contributed by atoms with Crippen molar-refractivity contribution in [3.8, 4) is 5.69 Å². The lowest BCUT2D eigenvalue weighted by Crippen LogP contribution is -2.11. The number of hydrogen-bond donors (Lipinski definition) is 0. The molecular weight excluding hydrogens is 637 g/mol. The van der Waals surface area contributed by atoms with Crippen molar-refractivity contribution in [3.63, 3.8) is 0 Å². The minimum Gasteiger partial charge on any atom is -0.310 e. The van der Waals surface area contributed by atoms with E-state index in [4.69, 9.17) is 0 Å². The molecule has 0 aliphatic heterocycles. The third-order valence-electron chi connectivity index (χ3n) is 10.5. The lowest BCUT2D eigenvalue weighted by Gasteiger charge is -2.28. The van der Waals surface area contributed by atoms with Crippen molar-refractivity contribution in [1.82, 2.24) is 4.57 Å². The number of hydrogen-bond acceptors (Lipinski definition) is 2. The fourth-order valence-electron chi connectivity index (χ4n) is 8.26. The van der Waals surface area contributed by atoms with Crippen LogP contribution in [0.25, 0.3) is 80.0 Å². The van der Waals surface area contributed by atoms with E-state index >= 15 is 0 Å². The van der Waals surface area contributed by atoms with Crippen LogP contribution in [0.4, 0.5) is 17.1 Å². The second kappa shape index (κ2) is 11.0. The number of rotatable bonds is 4. The molecule has 11 rings (SSSR count). The van der Waals surface area contributed by atoms with Crippen molar-refractivity contribution < 1.29 is 0 Å². The molecule has 11 aromatic rings. The summed E-state index contributed by atoms with van der Waals surface area (Å²) in [7, 11) is 0. The van der Waals surface area contributed by atoms with E-state index in [1.165, 1.54) is 74.3 Å². The van der Waals surface area contributed by atoms with Gasteiger partial charge in [0.2, 0.25) is 0 Å². The normalized spacial score (nSPS) is 11.9. The number of thiophene rings is 1. The molecular formula is C48H30N2S. The van der Waals surface area contributed by atoms with Crippen LogP contribution in [-0.2, 0) is 0 Å². The maximum Gasteiger partial charge on any atom is 0.0561 e. The molecule has 0 N–H and O–H groups in total. The second-order valence-corrected chi connectivity index (χ2v) is 14.4. The molecule has 0 bridgehead atoms. The Balaban J connectivity index is 1.26. The van der Waals surface area contributed by atoms with Crippen molar-refractivity contribution in [3.05, 3.63) is 182 Å². The predicted octanol–water partition coefficient (Wildman–Crippen LogP) is 14.1. The molecule has 2 heterocycles. The van der Waals surface area contributed by atoms with Crippen molar-refractivity contribution in [2.24, 2.45) is 0 Å². The quantitative estimate of drug-likeness (QED) is 0.170. The van der Waals surface area contributed by atoms with E-state index < -0.39 is 0 Å². The highest BCUT2D eigenvalue weighted by atomic mass is 32.1. The molecule has 2 aromatic heterocycles. The van der Waals surface area contributed by atoms with E-state index in [0.717, 1.165) is 22.7 Å². The number of para-hydroxylation sites is 2. The first kappa shape index (κ1) is 28.4. The Morgan fingerprint density at radius 3 is 1.84 bits per heavy atom. The Hall–Kier alpha value is -6.42. The van der Waals surface area contributed by atoms with Gasteiger partial charge in [-0.3, -0.25) is 0 Å². The minimum absolute atomic E-state index is 1.12. The van der Waals surface area contributed by atoms with Crippen LogP contribution >= 0.6 is 11.3 Å². The Morgan fingerprint density at radius 2 is 0.961 bits per heavy atom.